The topological polar surface area (TPSA) is 75.1 Å². The van der Waals surface area contributed by atoms with E-state index in [9.17, 15) is 4.79 Å². The SMILES string of the molecule is COC(=O)C1CCC(CN=[N+]=[N-])C1. The van der Waals surface area contributed by atoms with Crippen molar-refractivity contribution in [3.63, 3.8) is 0 Å². The van der Waals surface area contributed by atoms with Crippen LogP contribution in [0.15, 0.2) is 5.11 Å². The van der Waals surface area contributed by atoms with Crippen molar-refractivity contribution in [2.45, 2.75) is 19.3 Å². The molecule has 0 aromatic heterocycles. The third-order valence-corrected chi connectivity index (χ3v) is 2.48. The molecule has 0 heterocycles. The van der Waals surface area contributed by atoms with E-state index >= 15 is 0 Å². The largest absolute Gasteiger partial charge is 0.469 e. The highest BCUT2D eigenvalue weighted by molar-refractivity contribution is 5.72. The lowest BCUT2D eigenvalue weighted by atomic mass is 10.1. The van der Waals surface area contributed by atoms with Gasteiger partial charge in [0.2, 0.25) is 0 Å². The fourth-order valence-electron chi connectivity index (χ4n) is 1.77. The lowest BCUT2D eigenvalue weighted by Gasteiger charge is -2.06. The highest BCUT2D eigenvalue weighted by Crippen LogP contribution is 2.31. The van der Waals surface area contributed by atoms with Gasteiger partial charge in [-0.3, -0.25) is 4.79 Å². The van der Waals surface area contributed by atoms with Crippen LogP contribution in [0.25, 0.3) is 10.4 Å². The van der Waals surface area contributed by atoms with E-state index in [2.05, 4.69) is 14.8 Å². The molecule has 5 heteroatoms. The molecule has 0 aliphatic heterocycles. The molecule has 0 N–H and O–H groups in total. The van der Waals surface area contributed by atoms with Crippen LogP contribution in [0.5, 0.6) is 0 Å². The molecular weight excluding hydrogens is 170 g/mol. The predicted molar refractivity (Wildman–Crippen MR) is 46.9 cm³/mol. The molecule has 2 unspecified atom stereocenters. The summed E-state index contributed by atoms with van der Waals surface area (Å²) in [6, 6.07) is 0. The van der Waals surface area contributed by atoms with Gasteiger partial charge in [0.15, 0.2) is 0 Å². The maximum absolute atomic E-state index is 11.1. The number of carbonyl (C=O) groups is 1. The quantitative estimate of drug-likeness (QED) is 0.290. The summed E-state index contributed by atoms with van der Waals surface area (Å²) in [5.41, 5.74) is 8.11. The van der Waals surface area contributed by atoms with E-state index in [0.717, 1.165) is 19.3 Å². The van der Waals surface area contributed by atoms with Crippen molar-refractivity contribution < 1.29 is 9.53 Å². The molecule has 5 nitrogen and oxygen atoms in total. The molecule has 13 heavy (non-hydrogen) atoms. The summed E-state index contributed by atoms with van der Waals surface area (Å²) in [4.78, 5) is 13.8. The second kappa shape index (κ2) is 4.72. The zero-order chi connectivity index (χ0) is 9.68. The van der Waals surface area contributed by atoms with Gasteiger partial charge in [-0.2, -0.15) is 0 Å². The summed E-state index contributed by atoms with van der Waals surface area (Å²) in [5, 5.41) is 3.50. The summed E-state index contributed by atoms with van der Waals surface area (Å²) in [5.74, 6) is 0.243. The van der Waals surface area contributed by atoms with Gasteiger partial charge in [-0.05, 0) is 30.7 Å². The fraction of sp³-hybridized carbons (Fsp3) is 0.875. The number of hydrogen-bond acceptors (Lipinski definition) is 3. The Labute approximate surface area is 76.7 Å². The Kier molecular flexibility index (Phi) is 3.58. The van der Waals surface area contributed by atoms with Crippen molar-refractivity contribution in [3.8, 4) is 0 Å². The molecule has 1 aliphatic carbocycles. The van der Waals surface area contributed by atoms with Crippen LogP contribution in [0.3, 0.4) is 0 Å². The number of ether oxygens (including phenoxy) is 1. The molecule has 1 saturated carbocycles. The minimum atomic E-state index is -0.136. The standard InChI is InChI=1S/C8H13N3O2/c1-13-8(12)7-3-2-6(4-7)5-10-11-9/h6-7H,2-5H2,1H3. The normalized spacial score (nSPS) is 26.5. The molecule has 1 fully saturated rings. The van der Waals surface area contributed by atoms with Crippen LogP contribution in [0.2, 0.25) is 0 Å². The first kappa shape index (κ1) is 9.86. The molecule has 0 amide bonds. The third kappa shape index (κ3) is 2.63. The molecule has 0 aromatic rings. The van der Waals surface area contributed by atoms with Gasteiger partial charge in [0.25, 0.3) is 0 Å². The van der Waals surface area contributed by atoms with E-state index in [-0.39, 0.29) is 11.9 Å². The number of methoxy groups -OCH3 is 1. The average molecular weight is 183 g/mol. The van der Waals surface area contributed by atoms with E-state index in [0.29, 0.717) is 12.5 Å². The first-order chi connectivity index (χ1) is 6.27. The van der Waals surface area contributed by atoms with Crippen LogP contribution in [-0.2, 0) is 9.53 Å². The molecule has 72 valence electrons. The van der Waals surface area contributed by atoms with Crippen LogP contribution < -0.4 is 0 Å². The lowest BCUT2D eigenvalue weighted by Crippen LogP contribution is -2.13. The van der Waals surface area contributed by atoms with Crippen molar-refractivity contribution >= 4 is 5.97 Å². The lowest BCUT2D eigenvalue weighted by molar-refractivity contribution is -0.145. The van der Waals surface area contributed by atoms with E-state index in [1.807, 2.05) is 0 Å². The van der Waals surface area contributed by atoms with Gasteiger partial charge < -0.3 is 4.74 Å². The van der Waals surface area contributed by atoms with E-state index in [1.165, 1.54) is 7.11 Å². The van der Waals surface area contributed by atoms with Gasteiger partial charge in [0.05, 0.1) is 13.0 Å². The Morgan fingerprint density at radius 3 is 3.08 bits per heavy atom. The Morgan fingerprint density at radius 2 is 2.46 bits per heavy atom. The zero-order valence-electron chi connectivity index (χ0n) is 7.64. The summed E-state index contributed by atoms with van der Waals surface area (Å²) < 4.78 is 4.64. The van der Waals surface area contributed by atoms with Crippen LogP contribution in [0, 0.1) is 11.8 Å². The Bertz CT molecular complexity index is 236. The molecule has 0 saturated heterocycles. The highest BCUT2D eigenvalue weighted by Gasteiger charge is 2.29. The number of rotatable bonds is 3. The number of esters is 1. The molecule has 0 aromatic carbocycles. The monoisotopic (exact) mass is 183 g/mol. The predicted octanol–water partition coefficient (Wildman–Crippen LogP) is 1.89. The van der Waals surface area contributed by atoms with Gasteiger partial charge in [-0.1, -0.05) is 5.11 Å². The number of hydrogen-bond donors (Lipinski definition) is 0. The van der Waals surface area contributed by atoms with Crippen LogP contribution in [0.4, 0.5) is 0 Å². The Morgan fingerprint density at radius 1 is 1.69 bits per heavy atom. The molecule has 1 aliphatic rings. The number of azide groups is 1. The molecule has 1 rings (SSSR count). The molecule has 0 spiro atoms. The molecule has 2 atom stereocenters. The smallest absolute Gasteiger partial charge is 0.308 e. The van der Waals surface area contributed by atoms with Crippen molar-refractivity contribution in [1.82, 2.24) is 0 Å². The van der Waals surface area contributed by atoms with Crippen molar-refractivity contribution in [2.24, 2.45) is 17.0 Å². The maximum Gasteiger partial charge on any atom is 0.308 e. The Balaban J connectivity index is 2.35. The first-order valence-corrected chi connectivity index (χ1v) is 4.36. The number of carbonyl (C=O) groups excluding carboxylic acids is 1. The van der Waals surface area contributed by atoms with Gasteiger partial charge in [0, 0.05) is 11.5 Å². The zero-order valence-corrected chi connectivity index (χ0v) is 7.64. The highest BCUT2D eigenvalue weighted by atomic mass is 16.5. The van der Waals surface area contributed by atoms with E-state index in [1.54, 1.807) is 0 Å². The summed E-state index contributed by atoms with van der Waals surface area (Å²) >= 11 is 0. The first-order valence-electron chi connectivity index (χ1n) is 4.36. The summed E-state index contributed by atoms with van der Waals surface area (Å²) in [7, 11) is 1.41. The molecule has 0 bridgehead atoms. The third-order valence-electron chi connectivity index (χ3n) is 2.48. The maximum atomic E-state index is 11.1. The van der Waals surface area contributed by atoms with Gasteiger partial charge in [0.1, 0.15) is 0 Å². The summed E-state index contributed by atoms with van der Waals surface area (Å²) in [6.07, 6.45) is 2.61. The van der Waals surface area contributed by atoms with Crippen LogP contribution in [-0.4, -0.2) is 19.6 Å². The van der Waals surface area contributed by atoms with E-state index < -0.39 is 0 Å². The van der Waals surface area contributed by atoms with Gasteiger partial charge >= 0.3 is 5.97 Å². The van der Waals surface area contributed by atoms with Crippen molar-refractivity contribution in [3.05, 3.63) is 10.4 Å². The van der Waals surface area contributed by atoms with Gasteiger partial charge in [-0.15, -0.1) is 0 Å². The number of nitrogens with zero attached hydrogens (tertiary/aromatic N) is 3. The van der Waals surface area contributed by atoms with Crippen molar-refractivity contribution in [2.75, 3.05) is 13.7 Å². The second-order valence-electron chi connectivity index (χ2n) is 3.31. The Hall–Kier alpha value is -1.22. The summed E-state index contributed by atoms with van der Waals surface area (Å²) in [6.45, 7) is 0.504. The fourth-order valence-corrected chi connectivity index (χ4v) is 1.77. The minimum Gasteiger partial charge on any atom is -0.469 e. The average Bonchev–Trinajstić information content (AvgIpc) is 2.62. The van der Waals surface area contributed by atoms with E-state index in [4.69, 9.17) is 5.53 Å². The van der Waals surface area contributed by atoms with Crippen LogP contribution in [0.1, 0.15) is 19.3 Å². The molecule has 0 radical (unpaired) electrons. The second-order valence-corrected chi connectivity index (χ2v) is 3.31. The minimum absolute atomic E-state index is 0.0175. The van der Waals surface area contributed by atoms with Gasteiger partial charge in [-0.25, -0.2) is 0 Å². The van der Waals surface area contributed by atoms with Crippen molar-refractivity contribution in [1.29, 1.82) is 0 Å². The molecular formula is C8H13N3O2. The van der Waals surface area contributed by atoms with Crippen LogP contribution >= 0.6 is 0 Å².